The van der Waals surface area contributed by atoms with Gasteiger partial charge in [0.2, 0.25) is 0 Å². The van der Waals surface area contributed by atoms with E-state index in [4.69, 9.17) is 14.2 Å². The van der Waals surface area contributed by atoms with Crippen LogP contribution in [0.4, 0.5) is 0 Å². The minimum atomic E-state index is 0.293. The highest BCUT2D eigenvalue weighted by Gasteiger charge is 2.14. The van der Waals surface area contributed by atoms with Crippen molar-refractivity contribution in [3.05, 3.63) is 54.1 Å². The Balaban J connectivity index is 1.84. The maximum absolute atomic E-state index is 5.75. The molecule has 4 heteroatoms. The fourth-order valence-corrected chi connectivity index (χ4v) is 2.58. The molecule has 0 N–H and O–H groups in total. The summed E-state index contributed by atoms with van der Waals surface area (Å²) in [7, 11) is 5.45. The second kappa shape index (κ2) is 9.18. The average molecular weight is 329 g/mol. The number of rotatable bonds is 9. The van der Waals surface area contributed by atoms with Gasteiger partial charge in [-0.1, -0.05) is 24.3 Å². The lowest BCUT2D eigenvalue weighted by Gasteiger charge is -2.25. The molecule has 1 unspecified atom stereocenters. The largest absolute Gasteiger partial charge is 0.494 e. The quantitative estimate of drug-likeness (QED) is 0.646. The van der Waals surface area contributed by atoms with Crippen molar-refractivity contribution < 1.29 is 14.2 Å². The van der Waals surface area contributed by atoms with Crippen molar-refractivity contribution in [1.82, 2.24) is 4.90 Å². The smallest absolute Gasteiger partial charge is 0.161 e. The molecule has 0 amide bonds. The number of nitrogens with zero attached hydrogens (tertiary/aromatic N) is 1. The summed E-state index contributed by atoms with van der Waals surface area (Å²) in [6, 6.07) is 16.3. The van der Waals surface area contributed by atoms with E-state index in [1.165, 1.54) is 5.56 Å². The molecule has 0 radical (unpaired) electrons. The Labute approximate surface area is 145 Å². The van der Waals surface area contributed by atoms with Gasteiger partial charge in [-0.15, -0.1) is 0 Å². The summed E-state index contributed by atoms with van der Waals surface area (Å²) in [4.78, 5) is 2.32. The van der Waals surface area contributed by atoms with Gasteiger partial charge in [0.1, 0.15) is 5.75 Å². The molecule has 24 heavy (non-hydrogen) atoms. The molecule has 0 heterocycles. The van der Waals surface area contributed by atoms with Crippen molar-refractivity contribution in [1.29, 1.82) is 0 Å². The van der Waals surface area contributed by atoms with Gasteiger partial charge in [0, 0.05) is 12.6 Å². The Hall–Kier alpha value is -2.20. The predicted molar refractivity (Wildman–Crippen MR) is 97.1 cm³/mol. The highest BCUT2D eigenvalue weighted by molar-refractivity contribution is 5.43. The van der Waals surface area contributed by atoms with Crippen LogP contribution in [0, 0.1) is 0 Å². The molecule has 4 nitrogen and oxygen atoms in total. The number of para-hydroxylation sites is 1. The first-order valence-electron chi connectivity index (χ1n) is 8.25. The molecule has 0 spiro atoms. The lowest BCUT2D eigenvalue weighted by molar-refractivity contribution is 0.225. The van der Waals surface area contributed by atoms with Gasteiger partial charge in [-0.2, -0.15) is 0 Å². The van der Waals surface area contributed by atoms with Crippen LogP contribution in [0.15, 0.2) is 48.5 Å². The Bertz CT molecular complexity index is 616. The number of methoxy groups -OCH3 is 2. The van der Waals surface area contributed by atoms with E-state index in [-0.39, 0.29) is 0 Å². The molecule has 0 saturated carbocycles. The second-order valence-electron chi connectivity index (χ2n) is 5.79. The van der Waals surface area contributed by atoms with Crippen molar-refractivity contribution in [3.8, 4) is 17.2 Å². The van der Waals surface area contributed by atoms with Crippen LogP contribution >= 0.6 is 0 Å². The van der Waals surface area contributed by atoms with E-state index in [2.05, 4.69) is 24.9 Å². The van der Waals surface area contributed by atoms with E-state index >= 15 is 0 Å². The zero-order valence-electron chi connectivity index (χ0n) is 15.0. The lowest BCUT2D eigenvalue weighted by atomic mass is 10.1. The SMILES string of the molecule is COc1ccc(C(C)N(C)CCCOc2ccccc2)cc1OC. The summed E-state index contributed by atoms with van der Waals surface area (Å²) < 4.78 is 16.4. The third-order valence-corrected chi connectivity index (χ3v) is 4.22. The normalized spacial score (nSPS) is 12.0. The predicted octanol–water partition coefficient (Wildman–Crippen LogP) is 4.17. The summed E-state index contributed by atoms with van der Waals surface area (Å²) in [5, 5.41) is 0. The number of hydrogen-bond acceptors (Lipinski definition) is 4. The third-order valence-electron chi connectivity index (χ3n) is 4.22. The maximum atomic E-state index is 5.75. The number of hydrogen-bond donors (Lipinski definition) is 0. The molecule has 1 atom stereocenters. The van der Waals surface area contributed by atoms with Crippen LogP contribution in [-0.4, -0.2) is 39.3 Å². The van der Waals surface area contributed by atoms with Crippen molar-refractivity contribution >= 4 is 0 Å². The van der Waals surface area contributed by atoms with E-state index < -0.39 is 0 Å². The number of ether oxygens (including phenoxy) is 3. The molecular formula is C20H27NO3. The minimum absolute atomic E-state index is 0.293. The molecule has 0 saturated heterocycles. The van der Waals surface area contributed by atoms with Crippen molar-refractivity contribution in [3.63, 3.8) is 0 Å². The molecular weight excluding hydrogens is 302 g/mol. The second-order valence-corrected chi connectivity index (χ2v) is 5.79. The Kier molecular flexibility index (Phi) is 6.94. The summed E-state index contributed by atoms with van der Waals surface area (Å²) in [5.74, 6) is 2.45. The molecule has 2 aromatic carbocycles. The molecule has 0 bridgehead atoms. The molecule has 0 aliphatic rings. The van der Waals surface area contributed by atoms with Crippen molar-refractivity contribution in [2.45, 2.75) is 19.4 Å². The first-order chi connectivity index (χ1) is 11.7. The Morgan fingerprint density at radius 2 is 1.67 bits per heavy atom. The Morgan fingerprint density at radius 1 is 0.958 bits per heavy atom. The molecule has 0 aliphatic carbocycles. The molecule has 0 aromatic heterocycles. The van der Waals surface area contributed by atoms with Crippen molar-refractivity contribution in [2.75, 3.05) is 34.4 Å². The van der Waals surface area contributed by atoms with E-state index in [9.17, 15) is 0 Å². The van der Waals surface area contributed by atoms with E-state index in [1.807, 2.05) is 42.5 Å². The summed E-state index contributed by atoms with van der Waals surface area (Å²) in [6.07, 6.45) is 0.975. The topological polar surface area (TPSA) is 30.9 Å². The highest BCUT2D eigenvalue weighted by Crippen LogP contribution is 2.31. The minimum Gasteiger partial charge on any atom is -0.494 e. The third kappa shape index (κ3) is 4.90. The van der Waals surface area contributed by atoms with E-state index in [0.717, 1.165) is 30.2 Å². The highest BCUT2D eigenvalue weighted by atomic mass is 16.5. The van der Waals surface area contributed by atoms with Crippen molar-refractivity contribution in [2.24, 2.45) is 0 Å². The zero-order valence-corrected chi connectivity index (χ0v) is 15.0. The van der Waals surface area contributed by atoms with Gasteiger partial charge in [0.25, 0.3) is 0 Å². The van der Waals surface area contributed by atoms with Gasteiger partial charge in [0.05, 0.1) is 20.8 Å². The summed E-state index contributed by atoms with van der Waals surface area (Å²) in [5.41, 5.74) is 1.21. The van der Waals surface area contributed by atoms with Crippen LogP contribution in [0.1, 0.15) is 24.9 Å². The lowest BCUT2D eigenvalue weighted by Crippen LogP contribution is -2.24. The van der Waals surface area contributed by atoms with E-state index in [0.29, 0.717) is 12.6 Å². The number of benzene rings is 2. The van der Waals surface area contributed by atoms with E-state index in [1.54, 1.807) is 14.2 Å². The molecule has 130 valence electrons. The fraction of sp³-hybridized carbons (Fsp3) is 0.400. The zero-order chi connectivity index (χ0) is 17.4. The van der Waals surface area contributed by atoms with Gasteiger partial charge in [0.15, 0.2) is 11.5 Å². The monoisotopic (exact) mass is 329 g/mol. The van der Waals surface area contributed by atoms with Gasteiger partial charge in [-0.05, 0) is 50.2 Å². The van der Waals surface area contributed by atoms with Gasteiger partial charge in [-0.25, -0.2) is 0 Å². The van der Waals surface area contributed by atoms with Crippen LogP contribution in [0.2, 0.25) is 0 Å². The fourth-order valence-electron chi connectivity index (χ4n) is 2.58. The van der Waals surface area contributed by atoms with Gasteiger partial charge < -0.3 is 14.2 Å². The maximum Gasteiger partial charge on any atom is 0.161 e. The van der Waals surface area contributed by atoms with Crippen LogP contribution < -0.4 is 14.2 Å². The molecule has 2 aromatic rings. The van der Waals surface area contributed by atoms with Crippen LogP contribution in [-0.2, 0) is 0 Å². The average Bonchev–Trinajstić information content (AvgIpc) is 2.64. The first-order valence-corrected chi connectivity index (χ1v) is 8.25. The molecule has 0 fully saturated rings. The van der Waals surface area contributed by atoms with Crippen LogP contribution in [0.3, 0.4) is 0 Å². The summed E-state index contributed by atoms with van der Waals surface area (Å²) >= 11 is 0. The Morgan fingerprint density at radius 3 is 2.33 bits per heavy atom. The standard InChI is InChI=1S/C20H27NO3/c1-16(17-11-12-19(22-3)20(15-17)23-4)21(2)13-8-14-24-18-9-6-5-7-10-18/h5-7,9-12,15-16H,8,13-14H2,1-4H3. The first kappa shape index (κ1) is 18.1. The van der Waals surface area contributed by atoms with Crippen LogP contribution in [0.25, 0.3) is 0 Å². The van der Waals surface area contributed by atoms with Gasteiger partial charge >= 0.3 is 0 Å². The molecule has 2 rings (SSSR count). The molecule has 0 aliphatic heterocycles. The summed E-state index contributed by atoms with van der Waals surface area (Å²) in [6.45, 7) is 3.87. The van der Waals surface area contributed by atoms with Gasteiger partial charge in [-0.3, -0.25) is 4.90 Å². The van der Waals surface area contributed by atoms with Crippen LogP contribution in [0.5, 0.6) is 17.2 Å².